The Morgan fingerprint density at radius 1 is 0.891 bits per heavy atom. The SMILES string of the molecule is N#Cc1cnn2c(-c3cc(NC4CC4)c(-c4nnc(N5CC6CCC(C5)N6CC5CCN(c6ccc(N7CCC(=O)NC7=O)cn6)CC5)s4)cn3)ccc2c1. The maximum absolute atomic E-state index is 12.2. The third-order valence-corrected chi connectivity index (χ3v) is 12.8. The Balaban J connectivity index is 0.775. The minimum absolute atomic E-state index is 0.235. The zero-order valence-corrected chi connectivity index (χ0v) is 31.2. The summed E-state index contributed by atoms with van der Waals surface area (Å²) in [5.74, 6) is 1.35. The Morgan fingerprint density at radius 3 is 2.47 bits per heavy atom. The minimum Gasteiger partial charge on any atom is -0.382 e. The molecule has 280 valence electrons. The van der Waals surface area contributed by atoms with E-state index in [0.29, 0.717) is 48.3 Å². The number of piperazine rings is 1. The van der Waals surface area contributed by atoms with E-state index in [4.69, 9.17) is 15.2 Å². The van der Waals surface area contributed by atoms with Crippen molar-refractivity contribution in [2.24, 2.45) is 5.92 Å². The number of rotatable bonds is 9. The summed E-state index contributed by atoms with van der Waals surface area (Å²) in [6.07, 6.45) is 12.5. The summed E-state index contributed by atoms with van der Waals surface area (Å²) in [6.45, 7) is 5.38. The quantitative estimate of drug-likeness (QED) is 0.212. The molecule has 0 radical (unpaired) electrons. The van der Waals surface area contributed by atoms with E-state index in [1.54, 1.807) is 28.6 Å². The molecule has 1 saturated carbocycles. The van der Waals surface area contributed by atoms with Gasteiger partial charge in [-0.05, 0) is 80.8 Å². The van der Waals surface area contributed by atoms with Crippen LogP contribution in [0, 0.1) is 17.2 Å². The van der Waals surface area contributed by atoms with Gasteiger partial charge in [-0.25, -0.2) is 14.3 Å². The number of nitriles is 1. The summed E-state index contributed by atoms with van der Waals surface area (Å²) in [7, 11) is 0. The Morgan fingerprint density at radius 2 is 1.73 bits per heavy atom. The maximum atomic E-state index is 12.2. The fourth-order valence-electron chi connectivity index (χ4n) is 8.66. The number of amides is 3. The number of pyridine rings is 2. The maximum Gasteiger partial charge on any atom is 0.328 e. The lowest BCUT2D eigenvalue weighted by Crippen LogP contribution is -2.55. The highest BCUT2D eigenvalue weighted by atomic mass is 32.1. The fraction of sp³-hybridized carbons (Fsp3) is 0.436. The van der Waals surface area contributed by atoms with Gasteiger partial charge in [0.1, 0.15) is 11.9 Å². The summed E-state index contributed by atoms with van der Waals surface area (Å²) in [4.78, 5) is 42.5. The first-order valence-corrected chi connectivity index (χ1v) is 20.1. The van der Waals surface area contributed by atoms with Gasteiger partial charge in [-0.15, -0.1) is 10.2 Å². The van der Waals surface area contributed by atoms with E-state index in [1.807, 2.05) is 41.0 Å². The van der Waals surface area contributed by atoms with Crippen LogP contribution in [0.4, 0.5) is 27.1 Å². The second kappa shape index (κ2) is 13.9. The van der Waals surface area contributed by atoms with Crippen LogP contribution < -0.4 is 25.3 Å². The van der Waals surface area contributed by atoms with Crippen LogP contribution >= 0.6 is 11.3 Å². The zero-order chi connectivity index (χ0) is 37.0. The molecule has 4 saturated heterocycles. The second-order valence-electron chi connectivity index (χ2n) is 15.4. The van der Waals surface area contributed by atoms with Crippen LogP contribution in [0.5, 0.6) is 0 Å². The lowest BCUT2D eigenvalue weighted by Gasteiger charge is -2.43. The van der Waals surface area contributed by atoms with Crippen molar-refractivity contribution in [2.45, 2.75) is 63.1 Å². The van der Waals surface area contributed by atoms with Crippen molar-refractivity contribution in [2.75, 3.05) is 59.3 Å². The highest BCUT2D eigenvalue weighted by Gasteiger charge is 2.42. The van der Waals surface area contributed by atoms with Crippen molar-refractivity contribution >= 4 is 51.1 Å². The van der Waals surface area contributed by atoms with Gasteiger partial charge in [0.25, 0.3) is 0 Å². The number of aromatic nitrogens is 6. The molecular formula is C39H41N13O2S. The molecule has 9 heterocycles. The molecule has 2 bridgehead atoms. The van der Waals surface area contributed by atoms with E-state index in [0.717, 1.165) is 103 Å². The number of nitrogens with one attached hydrogen (secondary N) is 2. The molecule has 2 unspecified atom stereocenters. The topological polar surface area (TPSA) is 164 Å². The van der Waals surface area contributed by atoms with Crippen molar-refractivity contribution in [3.8, 4) is 28.0 Å². The first-order chi connectivity index (χ1) is 27.0. The Labute approximate surface area is 322 Å². The van der Waals surface area contributed by atoms with Gasteiger partial charge < -0.3 is 15.1 Å². The molecule has 2 atom stereocenters. The summed E-state index contributed by atoms with van der Waals surface area (Å²) in [5, 5.41) is 31.2. The third kappa shape index (κ3) is 6.61. The standard InChI is InChI=1S/C39H41N13O2S/c40-17-25-15-27-5-7-34(52(27)43-18-25)33-16-32(44-26-1-2-26)31(20-41-33)37-46-47-39(55-37)49-22-29-3-4-30(23-49)51(29)21-24-9-12-48(13-10-24)35-8-6-28(19-42-35)50-14-11-36(53)45-38(50)54/h5-8,15-16,18-20,24,26,29-30H,1-4,9-14,21-23H2,(H,41,44)(H,45,53,54). The fourth-order valence-corrected chi connectivity index (χ4v) is 9.55. The first-order valence-electron chi connectivity index (χ1n) is 19.3. The van der Waals surface area contributed by atoms with Gasteiger partial charge in [0.05, 0.1) is 46.1 Å². The number of nitrogens with zero attached hydrogens (tertiary/aromatic N) is 11. The predicted molar refractivity (Wildman–Crippen MR) is 209 cm³/mol. The summed E-state index contributed by atoms with van der Waals surface area (Å²) >= 11 is 1.65. The first kappa shape index (κ1) is 33.9. The molecule has 16 heteroatoms. The van der Waals surface area contributed by atoms with Crippen molar-refractivity contribution in [3.63, 3.8) is 0 Å². The monoisotopic (exact) mass is 755 g/mol. The number of hydrogen-bond donors (Lipinski definition) is 2. The largest absolute Gasteiger partial charge is 0.382 e. The molecule has 5 fully saturated rings. The van der Waals surface area contributed by atoms with Crippen LogP contribution in [0.25, 0.3) is 27.5 Å². The van der Waals surface area contributed by atoms with Gasteiger partial charge in [-0.2, -0.15) is 10.4 Å². The second-order valence-corrected chi connectivity index (χ2v) is 16.3. The van der Waals surface area contributed by atoms with Crippen LogP contribution in [0.3, 0.4) is 0 Å². The molecule has 15 nitrogen and oxygen atoms in total. The van der Waals surface area contributed by atoms with Gasteiger partial charge in [-0.1, -0.05) is 11.3 Å². The average molecular weight is 756 g/mol. The molecule has 5 aliphatic rings. The highest BCUT2D eigenvalue weighted by Crippen LogP contribution is 2.40. The van der Waals surface area contributed by atoms with E-state index in [2.05, 4.69) is 47.6 Å². The summed E-state index contributed by atoms with van der Waals surface area (Å²) < 4.78 is 1.83. The van der Waals surface area contributed by atoms with Crippen LogP contribution in [0.15, 0.2) is 55.0 Å². The normalized spacial score (nSPS) is 22.0. The minimum atomic E-state index is -0.386. The molecule has 2 N–H and O–H groups in total. The molecule has 3 amide bonds. The molecular weight excluding hydrogens is 715 g/mol. The molecule has 5 aromatic rings. The zero-order valence-electron chi connectivity index (χ0n) is 30.3. The van der Waals surface area contributed by atoms with Crippen LogP contribution in [0.2, 0.25) is 0 Å². The van der Waals surface area contributed by atoms with Crippen LogP contribution in [0.1, 0.15) is 50.5 Å². The number of carbonyl (C=O) groups is 2. The van der Waals surface area contributed by atoms with Gasteiger partial charge in [0.2, 0.25) is 11.0 Å². The lowest BCUT2D eigenvalue weighted by molar-refractivity contribution is -0.120. The molecule has 55 heavy (non-hydrogen) atoms. The van der Waals surface area contributed by atoms with E-state index < -0.39 is 0 Å². The van der Waals surface area contributed by atoms with E-state index in [-0.39, 0.29) is 11.9 Å². The molecule has 0 spiro atoms. The van der Waals surface area contributed by atoms with Crippen molar-refractivity contribution < 1.29 is 9.59 Å². The smallest absolute Gasteiger partial charge is 0.328 e. The predicted octanol–water partition coefficient (Wildman–Crippen LogP) is 4.77. The molecule has 5 aromatic heterocycles. The highest BCUT2D eigenvalue weighted by molar-refractivity contribution is 7.18. The Bertz CT molecular complexity index is 2290. The number of urea groups is 1. The number of imide groups is 1. The van der Waals surface area contributed by atoms with Gasteiger partial charge in [0.15, 0.2) is 5.01 Å². The van der Waals surface area contributed by atoms with E-state index >= 15 is 0 Å². The summed E-state index contributed by atoms with van der Waals surface area (Å²) in [5.41, 5.74) is 5.75. The van der Waals surface area contributed by atoms with E-state index in [1.165, 1.54) is 12.8 Å². The molecule has 1 aliphatic carbocycles. The number of piperidine rings is 1. The molecule has 0 aromatic carbocycles. The van der Waals surface area contributed by atoms with Crippen LogP contribution in [-0.4, -0.2) is 104 Å². The van der Waals surface area contributed by atoms with Gasteiger partial charge in [0, 0.05) is 75.7 Å². The summed E-state index contributed by atoms with van der Waals surface area (Å²) in [6, 6.07) is 15.1. The number of carbonyl (C=O) groups excluding carboxylic acids is 2. The lowest BCUT2D eigenvalue weighted by atomic mass is 9.95. The van der Waals surface area contributed by atoms with Crippen molar-refractivity contribution in [1.82, 2.24) is 40.0 Å². The van der Waals surface area contributed by atoms with Gasteiger partial charge in [-0.3, -0.25) is 24.9 Å². The number of fused-ring (bicyclic) bond motifs is 3. The molecule has 10 rings (SSSR count). The van der Waals surface area contributed by atoms with Crippen molar-refractivity contribution in [1.29, 1.82) is 5.26 Å². The number of hydrogen-bond acceptors (Lipinski definition) is 13. The number of anilines is 4. The Hall–Kier alpha value is -5.66. The van der Waals surface area contributed by atoms with E-state index in [9.17, 15) is 14.9 Å². The molecule has 4 aliphatic heterocycles. The van der Waals surface area contributed by atoms with Crippen LogP contribution in [-0.2, 0) is 4.79 Å². The third-order valence-electron chi connectivity index (χ3n) is 11.8. The van der Waals surface area contributed by atoms with Crippen molar-refractivity contribution in [3.05, 3.63) is 60.6 Å². The average Bonchev–Trinajstić information content (AvgIpc) is 3.61. The van der Waals surface area contributed by atoms with Gasteiger partial charge >= 0.3 is 6.03 Å². The Kier molecular flexibility index (Phi) is 8.55.